The lowest BCUT2D eigenvalue weighted by Gasteiger charge is -2.10. The normalized spacial score (nSPS) is 44.7. The second kappa shape index (κ2) is 2.80. The van der Waals surface area contributed by atoms with E-state index in [1.54, 1.807) is 25.7 Å². The van der Waals surface area contributed by atoms with E-state index in [9.17, 15) is 0 Å². The summed E-state index contributed by atoms with van der Waals surface area (Å²) in [6.45, 7) is 4.81. The van der Waals surface area contributed by atoms with Crippen molar-refractivity contribution in [1.29, 1.82) is 0 Å². The van der Waals surface area contributed by atoms with Gasteiger partial charge >= 0.3 is 0 Å². The standard InChI is InChI=1S/C11H20/c1-3-9-7-11(6-8(9)2)10-4-5-10/h8-11H,3-7H2,1-2H3. The number of rotatable bonds is 2. The fourth-order valence-corrected chi connectivity index (χ4v) is 2.91. The lowest BCUT2D eigenvalue weighted by atomic mass is 9.96. The number of hydrogen-bond donors (Lipinski definition) is 0. The fraction of sp³-hybridized carbons (Fsp3) is 1.00. The van der Waals surface area contributed by atoms with Crippen molar-refractivity contribution in [3.63, 3.8) is 0 Å². The molecular weight excluding hydrogens is 132 g/mol. The second-order valence-corrected chi connectivity index (χ2v) is 4.71. The summed E-state index contributed by atoms with van der Waals surface area (Å²) >= 11 is 0. The van der Waals surface area contributed by atoms with Gasteiger partial charge in [0.15, 0.2) is 0 Å². The Morgan fingerprint density at radius 2 is 1.82 bits per heavy atom. The molecule has 11 heavy (non-hydrogen) atoms. The Labute approximate surface area is 70.4 Å². The van der Waals surface area contributed by atoms with Crippen molar-refractivity contribution in [2.24, 2.45) is 23.7 Å². The van der Waals surface area contributed by atoms with Crippen LogP contribution in [-0.2, 0) is 0 Å². The Balaban J connectivity index is 1.89. The summed E-state index contributed by atoms with van der Waals surface area (Å²) in [4.78, 5) is 0. The van der Waals surface area contributed by atoms with E-state index < -0.39 is 0 Å². The second-order valence-electron chi connectivity index (χ2n) is 4.71. The van der Waals surface area contributed by atoms with Crippen molar-refractivity contribution in [2.75, 3.05) is 0 Å². The van der Waals surface area contributed by atoms with Gasteiger partial charge in [-0.05, 0) is 49.4 Å². The van der Waals surface area contributed by atoms with Gasteiger partial charge in [-0.1, -0.05) is 20.3 Å². The van der Waals surface area contributed by atoms with Gasteiger partial charge in [-0.2, -0.15) is 0 Å². The van der Waals surface area contributed by atoms with Crippen LogP contribution < -0.4 is 0 Å². The molecule has 0 nitrogen and oxygen atoms in total. The van der Waals surface area contributed by atoms with Crippen LogP contribution in [0.5, 0.6) is 0 Å². The fourth-order valence-electron chi connectivity index (χ4n) is 2.91. The van der Waals surface area contributed by atoms with Crippen LogP contribution in [0, 0.1) is 23.7 Å². The quantitative estimate of drug-likeness (QED) is 0.568. The zero-order chi connectivity index (χ0) is 7.84. The van der Waals surface area contributed by atoms with Crippen LogP contribution in [0.2, 0.25) is 0 Å². The molecule has 0 radical (unpaired) electrons. The van der Waals surface area contributed by atoms with E-state index in [4.69, 9.17) is 0 Å². The SMILES string of the molecule is CCC1CC(C2CC2)CC1C. The molecule has 0 spiro atoms. The largest absolute Gasteiger partial charge is 0.0651 e. The van der Waals surface area contributed by atoms with E-state index in [1.165, 1.54) is 6.42 Å². The number of hydrogen-bond acceptors (Lipinski definition) is 0. The minimum absolute atomic E-state index is 1.03. The first-order valence-corrected chi connectivity index (χ1v) is 5.31. The molecule has 0 aromatic heterocycles. The summed E-state index contributed by atoms with van der Waals surface area (Å²) in [5, 5.41) is 0. The predicted octanol–water partition coefficient (Wildman–Crippen LogP) is 3.47. The molecule has 3 atom stereocenters. The summed E-state index contributed by atoms with van der Waals surface area (Å²) < 4.78 is 0. The van der Waals surface area contributed by atoms with Crippen molar-refractivity contribution in [1.82, 2.24) is 0 Å². The summed E-state index contributed by atoms with van der Waals surface area (Å²) in [5.41, 5.74) is 0. The topological polar surface area (TPSA) is 0 Å². The van der Waals surface area contributed by atoms with Crippen LogP contribution in [0.3, 0.4) is 0 Å². The Morgan fingerprint density at radius 1 is 1.09 bits per heavy atom. The van der Waals surface area contributed by atoms with Crippen LogP contribution >= 0.6 is 0 Å². The first-order chi connectivity index (χ1) is 5.31. The molecule has 0 bridgehead atoms. The van der Waals surface area contributed by atoms with Crippen molar-refractivity contribution in [3.05, 3.63) is 0 Å². The molecular formula is C11H20. The lowest BCUT2D eigenvalue weighted by molar-refractivity contribution is 0.405. The minimum atomic E-state index is 1.03. The van der Waals surface area contributed by atoms with Crippen molar-refractivity contribution >= 4 is 0 Å². The smallest absolute Gasteiger partial charge is 0.0380 e. The monoisotopic (exact) mass is 152 g/mol. The highest BCUT2D eigenvalue weighted by molar-refractivity contribution is 4.89. The average molecular weight is 152 g/mol. The molecule has 64 valence electrons. The van der Waals surface area contributed by atoms with E-state index in [0.717, 1.165) is 23.7 Å². The van der Waals surface area contributed by atoms with Crippen LogP contribution in [0.25, 0.3) is 0 Å². The summed E-state index contributed by atoms with van der Waals surface area (Å²) in [6.07, 6.45) is 7.62. The Bertz CT molecular complexity index is 135. The summed E-state index contributed by atoms with van der Waals surface area (Å²) in [7, 11) is 0. The molecule has 0 N–H and O–H groups in total. The first-order valence-electron chi connectivity index (χ1n) is 5.31. The van der Waals surface area contributed by atoms with Gasteiger partial charge in [0.1, 0.15) is 0 Å². The van der Waals surface area contributed by atoms with Crippen molar-refractivity contribution in [3.8, 4) is 0 Å². The maximum absolute atomic E-state index is 2.45. The molecule has 2 rings (SSSR count). The predicted molar refractivity (Wildman–Crippen MR) is 48.4 cm³/mol. The minimum Gasteiger partial charge on any atom is -0.0651 e. The highest BCUT2D eigenvalue weighted by Crippen LogP contribution is 2.49. The molecule has 3 unspecified atom stereocenters. The van der Waals surface area contributed by atoms with Crippen molar-refractivity contribution in [2.45, 2.75) is 46.0 Å². The molecule has 0 aromatic carbocycles. The van der Waals surface area contributed by atoms with Crippen molar-refractivity contribution < 1.29 is 0 Å². The zero-order valence-corrected chi connectivity index (χ0v) is 7.84. The molecule has 0 heteroatoms. The van der Waals surface area contributed by atoms with E-state index in [0.29, 0.717) is 0 Å². The van der Waals surface area contributed by atoms with E-state index in [-0.39, 0.29) is 0 Å². The highest BCUT2D eigenvalue weighted by Gasteiger charge is 2.39. The Kier molecular flexibility index (Phi) is 1.95. The zero-order valence-electron chi connectivity index (χ0n) is 7.84. The maximum Gasteiger partial charge on any atom is -0.0380 e. The third kappa shape index (κ3) is 1.45. The molecule has 2 fully saturated rings. The van der Waals surface area contributed by atoms with Crippen LogP contribution in [0.1, 0.15) is 46.0 Å². The first kappa shape index (κ1) is 7.64. The van der Waals surface area contributed by atoms with Gasteiger partial charge in [0.25, 0.3) is 0 Å². The van der Waals surface area contributed by atoms with Gasteiger partial charge in [-0.3, -0.25) is 0 Å². The third-order valence-corrected chi connectivity index (χ3v) is 3.90. The highest BCUT2D eigenvalue weighted by atomic mass is 14.4. The van der Waals surface area contributed by atoms with Gasteiger partial charge in [-0.15, -0.1) is 0 Å². The molecule has 2 saturated carbocycles. The molecule has 0 amide bonds. The maximum atomic E-state index is 2.45. The van der Waals surface area contributed by atoms with Crippen LogP contribution in [0.15, 0.2) is 0 Å². The Hall–Kier alpha value is 0. The van der Waals surface area contributed by atoms with E-state index >= 15 is 0 Å². The van der Waals surface area contributed by atoms with Gasteiger partial charge in [0.2, 0.25) is 0 Å². The van der Waals surface area contributed by atoms with Gasteiger partial charge < -0.3 is 0 Å². The van der Waals surface area contributed by atoms with Crippen LogP contribution in [-0.4, -0.2) is 0 Å². The Morgan fingerprint density at radius 3 is 2.27 bits per heavy atom. The van der Waals surface area contributed by atoms with E-state index in [1.807, 2.05) is 0 Å². The summed E-state index contributed by atoms with van der Waals surface area (Å²) in [6, 6.07) is 0. The van der Waals surface area contributed by atoms with Gasteiger partial charge in [-0.25, -0.2) is 0 Å². The van der Waals surface area contributed by atoms with E-state index in [2.05, 4.69) is 13.8 Å². The van der Waals surface area contributed by atoms with Gasteiger partial charge in [0, 0.05) is 0 Å². The van der Waals surface area contributed by atoms with Crippen LogP contribution in [0.4, 0.5) is 0 Å². The summed E-state index contributed by atoms with van der Waals surface area (Å²) in [5.74, 6) is 4.40. The third-order valence-electron chi connectivity index (χ3n) is 3.90. The molecule has 0 aromatic rings. The molecule has 0 saturated heterocycles. The molecule has 0 aliphatic heterocycles. The molecule has 0 heterocycles. The average Bonchev–Trinajstić information content (AvgIpc) is 2.76. The van der Waals surface area contributed by atoms with Gasteiger partial charge in [0.05, 0.1) is 0 Å². The molecule has 2 aliphatic carbocycles. The lowest BCUT2D eigenvalue weighted by Crippen LogP contribution is -2.00. The molecule has 2 aliphatic rings.